The summed E-state index contributed by atoms with van der Waals surface area (Å²) in [5.41, 5.74) is 1.11. The summed E-state index contributed by atoms with van der Waals surface area (Å²) in [6.07, 6.45) is 3.07. The molecule has 0 unspecified atom stereocenters. The third-order valence-electron chi connectivity index (χ3n) is 6.13. The van der Waals surface area contributed by atoms with Crippen LogP contribution in [0, 0.1) is 12.8 Å². The molecule has 7 nitrogen and oxygen atoms in total. The monoisotopic (exact) mass is 465 g/mol. The first-order chi connectivity index (χ1) is 16.4. The molecule has 0 aliphatic carbocycles. The Labute approximate surface area is 198 Å². The number of hydrogen-bond acceptors (Lipinski definition) is 7. The maximum absolute atomic E-state index is 13.3. The Morgan fingerprint density at radius 3 is 2.68 bits per heavy atom. The molecule has 1 fully saturated rings. The molecular formula is C27H31NO6. The average molecular weight is 466 g/mol. The molecule has 1 aliphatic rings. The molecule has 34 heavy (non-hydrogen) atoms. The van der Waals surface area contributed by atoms with Gasteiger partial charge in [0.1, 0.15) is 22.8 Å². The third kappa shape index (κ3) is 5.09. The lowest BCUT2D eigenvalue weighted by atomic mass is 9.99. The van der Waals surface area contributed by atoms with Crippen molar-refractivity contribution < 1.29 is 23.8 Å². The van der Waals surface area contributed by atoms with Crippen LogP contribution in [0.5, 0.6) is 17.2 Å². The Hall–Kier alpha value is -3.32. The van der Waals surface area contributed by atoms with Crippen molar-refractivity contribution in [1.29, 1.82) is 0 Å². The van der Waals surface area contributed by atoms with Crippen LogP contribution in [-0.4, -0.2) is 35.7 Å². The minimum atomic E-state index is -0.398. The predicted octanol–water partition coefficient (Wildman–Crippen LogP) is 5.40. The van der Waals surface area contributed by atoms with E-state index in [9.17, 15) is 14.7 Å². The first kappa shape index (κ1) is 23.8. The number of benzene rings is 2. The van der Waals surface area contributed by atoms with E-state index in [0.717, 1.165) is 25.9 Å². The van der Waals surface area contributed by atoms with Crippen LogP contribution >= 0.6 is 0 Å². The van der Waals surface area contributed by atoms with Crippen LogP contribution in [0.1, 0.15) is 54.8 Å². The number of carbonyl (C=O) groups excluding carboxylic acids is 1. The normalized spacial score (nSPS) is 16.5. The Bertz CT molecular complexity index is 1230. The molecule has 1 N–H and O–H groups in total. The molecule has 1 aromatic heterocycles. The number of carbonyl (C=O) groups is 1. The molecule has 3 aromatic rings. The van der Waals surface area contributed by atoms with E-state index in [1.54, 1.807) is 37.3 Å². The van der Waals surface area contributed by atoms with Crippen molar-refractivity contribution in [3.63, 3.8) is 0 Å². The smallest absolute Gasteiger partial charge is 0.338 e. The highest BCUT2D eigenvalue weighted by Crippen LogP contribution is 2.32. The van der Waals surface area contributed by atoms with Crippen molar-refractivity contribution in [3.8, 4) is 17.2 Å². The van der Waals surface area contributed by atoms with E-state index in [4.69, 9.17) is 13.9 Å². The molecule has 1 atom stereocenters. The zero-order valence-electron chi connectivity index (χ0n) is 19.9. The van der Waals surface area contributed by atoms with Crippen LogP contribution in [0.2, 0.25) is 0 Å². The number of rotatable bonds is 7. The molecule has 0 amide bonds. The van der Waals surface area contributed by atoms with Gasteiger partial charge in [-0.15, -0.1) is 0 Å². The SMILES string of the molecule is CCCOC(=O)c1ccc(Oc2c(C)oc3c(CN4CCC[C@@H](C)C4)c(O)ccc3c2=O)cc1. The summed E-state index contributed by atoms with van der Waals surface area (Å²) in [6.45, 7) is 8.61. The molecule has 180 valence electrons. The van der Waals surface area contributed by atoms with Gasteiger partial charge < -0.3 is 19.0 Å². The molecule has 0 bridgehead atoms. The highest BCUT2D eigenvalue weighted by molar-refractivity contribution is 5.89. The molecule has 1 aliphatic heterocycles. The number of phenols is 1. The zero-order chi connectivity index (χ0) is 24.2. The number of likely N-dealkylation sites (tertiary alicyclic amines) is 1. The number of piperidine rings is 1. The summed E-state index contributed by atoms with van der Waals surface area (Å²) in [6, 6.07) is 9.54. The van der Waals surface area contributed by atoms with Gasteiger partial charge in [0.25, 0.3) is 0 Å². The third-order valence-corrected chi connectivity index (χ3v) is 6.13. The van der Waals surface area contributed by atoms with Gasteiger partial charge in [0.05, 0.1) is 23.1 Å². The Morgan fingerprint density at radius 2 is 1.97 bits per heavy atom. The van der Waals surface area contributed by atoms with E-state index in [1.807, 2.05) is 6.92 Å². The zero-order valence-corrected chi connectivity index (χ0v) is 19.9. The van der Waals surface area contributed by atoms with E-state index < -0.39 is 5.97 Å². The lowest BCUT2D eigenvalue weighted by Gasteiger charge is -2.31. The fourth-order valence-electron chi connectivity index (χ4n) is 4.37. The van der Waals surface area contributed by atoms with Gasteiger partial charge in [0.2, 0.25) is 11.2 Å². The molecule has 0 saturated carbocycles. The summed E-state index contributed by atoms with van der Waals surface area (Å²) in [5, 5.41) is 10.9. The van der Waals surface area contributed by atoms with Crippen LogP contribution in [0.15, 0.2) is 45.6 Å². The number of phenolic OH excluding ortho intramolecular Hbond substituents is 1. The summed E-state index contributed by atoms with van der Waals surface area (Å²) < 4.78 is 17.0. The van der Waals surface area contributed by atoms with Crippen molar-refractivity contribution in [3.05, 3.63) is 63.5 Å². The first-order valence-corrected chi connectivity index (χ1v) is 11.8. The van der Waals surface area contributed by atoms with E-state index >= 15 is 0 Å². The highest BCUT2D eigenvalue weighted by Gasteiger charge is 2.22. The summed E-state index contributed by atoms with van der Waals surface area (Å²) in [5.74, 6) is 1.13. The Morgan fingerprint density at radius 1 is 1.21 bits per heavy atom. The fourth-order valence-corrected chi connectivity index (χ4v) is 4.37. The largest absolute Gasteiger partial charge is 0.507 e. The van der Waals surface area contributed by atoms with E-state index in [0.29, 0.717) is 52.7 Å². The standard InChI is InChI=1S/C27H31NO6/c1-4-14-32-27(31)19-7-9-20(10-8-19)34-25-18(3)33-26-21(24(25)30)11-12-23(29)22(26)16-28-13-5-6-17(2)15-28/h7-12,17,29H,4-6,13-16H2,1-3H3/t17-/m1/s1. The lowest BCUT2D eigenvalue weighted by molar-refractivity contribution is 0.0505. The van der Waals surface area contributed by atoms with Crippen LogP contribution in [0.3, 0.4) is 0 Å². The van der Waals surface area contributed by atoms with Crippen molar-refractivity contribution in [2.45, 2.75) is 46.6 Å². The van der Waals surface area contributed by atoms with Gasteiger partial charge >= 0.3 is 5.97 Å². The summed E-state index contributed by atoms with van der Waals surface area (Å²) in [4.78, 5) is 27.6. The number of aryl methyl sites for hydroxylation is 1. The fraction of sp³-hybridized carbons (Fsp3) is 0.407. The van der Waals surface area contributed by atoms with Crippen LogP contribution < -0.4 is 10.2 Å². The highest BCUT2D eigenvalue weighted by atomic mass is 16.5. The second-order valence-corrected chi connectivity index (χ2v) is 9.00. The molecular weight excluding hydrogens is 434 g/mol. The average Bonchev–Trinajstić information content (AvgIpc) is 2.82. The number of esters is 1. The van der Waals surface area contributed by atoms with Gasteiger partial charge in [-0.3, -0.25) is 9.69 Å². The van der Waals surface area contributed by atoms with Gasteiger partial charge in [-0.1, -0.05) is 13.8 Å². The molecule has 2 aromatic carbocycles. The van der Waals surface area contributed by atoms with Crippen molar-refractivity contribution >= 4 is 16.9 Å². The maximum atomic E-state index is 13.3. The van der Waals surface area contributed by atoms with Gasteiger partial charge in [-0.25, -0.2) is 4.79 Å². The van der Waals surface area contributed by atoms with E-state index in [2.05, 4.69) is 11.8 Å². The number of nitrogens with zero attached hydrogens (tertiary/aromatic N) is 1. The molecule has 4 rings (SSSR count). The molecule has 2 heterocycles. The molecule has 0 radical (unpaired) electrons. The van der Waals surface area contributed by atoms with E-state index in [1.165, 1.54) is 12.5 Å². The van der Waals surface area contributed by atoms with E-state index in [-0.39, 0.29) is 16.9 Å². The van der Waals surface area contributed by atoms with Crippen LogP contribution in [0.25, 0.3) is 11.0 Å². The number of hydrogen-bond donors (Lipinski definition) is 1. The quantitative estimate of drug-likeness (QED) is 0.468. The predicted molar refractivity (Wildman–Crippen MR) is 130 cm³/mol. The van der Waals surface area contributed by atoms with Crippen LogP contribution in [-0.2, 0) is 11.3 Å². The molecule has 0 spiro atoms. The second kappa shape index (κ2) is 10.3. The minimum Gasteiger partial charge on any atom is -0.507 e. The number of ether oxygens (including phenoxy) is 2. The Balaban J connectivity index is 1.62. The topological polar surface area (TPSA) is 89.2 Å². The molecule has 7 heteroatoms. The van der Waals surface area contributed by atoms with Gasteiger partial charge in [-0.2, -0.15) is 0 Å². The van der Waals surface area contributed by atoms with Gasteiger partial charge in [-0.05, 0) is 75.0 Å². The van der Waals surface area contributed by atoms with Gasteiger partial charge in [0.15, 0.2) is 0 Å². The van der Waals surface area contributed by atoms with Crippen molar-refractivity contribution in [2.24, 2.45) is 5.92 Å². The Kier molecular flexibility index (Phi) is 7.22. The summed E-state index contributed by atoms with van der Waals surface area (Å²) >= 11 is 0. The summed E-state index contributed by atoms with van der Waals surface area (Å²) in [7, 11) is 0. The van der Waals surface area contributed by atoms with Gasteiger partial charge in [0, 0.05) is 13.1 Å². The molecule has 1 saturated heterocycles. The second-order valence-electron chi connectivity index (χ2n) is 9.00. The first-order valence-electron chi connectivity index (χ1n) is 11.8. The maximum Gasteiger partial charge on any atom is 0.338 e. The van der Waals surface area contributed by atoms with Crippen molar-refractivity contribution in [1.82, 2.24) is 4.90 Å². The number of fused-ring (bicyclic) bond motifs is 1. The van der Waals surface area contributed by atoms with Crippen molar-refractivity contribution in [2.75, 3.05) is 19.7 Å². The lowest BCUT2D eigenvalue weighted by Crippen LogP contribution is -2.33. The minimum absolute atomic E-state index is 0.0806. The van der Waals surface area contributed by atoms with Crippen LogP contribution in [0.4, 0.5) is 0 Å². The number of aromatic hydroxyl groups is 1.